The number of anilines is 1. The maximum absolute atomic E-state index is 13.1. The molecule has 3 N–H and O–H groups in total. The highest BCUT2D eigenvalue weighted by atomic mass is 19.1. The quantitative estimate of drug-likeness (QED) is 0.802. The molecule has 2 unspecified atom stereocenters. The Morgan fingerprint density at radius 1 is 1.38 bits per heavy atom. The lowest BCUT2D eigenvalue weighted by molar-refractivity contribution is -0.151. The third kappa shape index (κ3) is 3.51. The van der Waals surface area contributed by atoms with Crippen molar-refractivity contribution < 1.29 is 19.1 Å². The van der Waals surface area contributed by atoms with Crippen LogP contribution in [-0.4, -0.2) is 23.1 Å². The Kier molecular flexibility index (Phi) is 4.45. The van der Waals surface area contributed by atoms with Crippen molar-refractivity contribution in [2.24, 2.45) is 5.41 Å². The number of amides is 2. The van der Waals surface area contributed by atoms with Crippen LogP contribution >= 0.6 is 0 Å². The molecule has 5 nitrogen and oxygen atoms in total. The SMILES string of the molecule is CC1(C(=O)O)CCCCC1NC(=O)Nc1cccc(F)c1. The number of halogens is 1. The average Bonchev–Trinajstić information content (AvgIpc) is 2.41. The minimum absolute atomic E-state index is 0.334. The van der Waals surface area contributed by atoms with Crippen LogP contribution in [0.3, 0.4) is 0 Å². The average molecular weight is 294 g/mol. The van der Waals surface area contributed by atoms with Gasteiger partial charge in [0.15, 0.2) is 0 Å². The van der Waals surface area contributed by atoms with Crippen LogP contribution in [0.4, 0.5) is 14.9 Å². The Morgan fingerprint density at radius 2 is 2.14 bits per heavy atom. The number of carbonyl (C=O) groups is 2. The second kappa shape index (κ2) is 6.11. The van der Waals surface area contributed by atoms with Crippen molar-refractivity contribution in [3.05, 3.63) is 30.1 Å². The lowest BCUT2D eigenvalue weighted by atomic mass is 9.72. The lowest BCUT2D eigenvalue weighted by Gasteiger charge is -2.38. The van der Waals surface area contributed by atoms with Gasteiger partial charge >= 0.3 is 12.0 Å². The predicted octanol–water partition coefficient (Wildman–Crippen LogP) is 2.98. The van der Waals surface area contributed by atoms with Crippen molar-refractivity contribution in [3.63, 3.8) is 0 Å². The van der Waals surface area contributed by atoms with E-state index in [1.807, 2.05) is 0 Å². The molecule has 1 fully saturated rings. The van der Waals surface area contributed by atoms with Gasteiger partial charge in [-0.25, -0.2) is 9.18 Å². The van der Waals surface area contributed by atoms with Crippen molar-refractivity contribution >= 4 is 17.7 Å². The highest BCUT2D eigenvalue weighted by molar-refractivity contribution is 5.90. The standard InChI is InChI=1S/C15H19FN2O3/c1-15(13(19)20)8-3-2-7-12(15)18-14(21)17-11-6-4-5-10(16)9-11/h4-6,9,12H,2-3,7-8H2,1H3,(H,19,20)(H2,17,18,21). The highest BCUT2D eigenvalue weighted by Crippen LogP contribution is 2.36. The summed E-state index contributed by atoms with van der Waals surface area (Å²) >= 11 is 0. The third-order valence-corrected chi connectivity index (χ3v) is 4.08. The van der Waals surface area contributed by atoms with Gasteiger partial charge in [-0.1, -0.05) is 18.9 Å². The summed E-state index contributed by atoms with van der Waals surface area (Å²) in [4.78, 5) is 23.4. The summed E-state index contributed by atoms with van der Waals surface area (Å²) < 4.78 is 13.1. The Hall–Kier alpha value is -2.11. The monoisotopic (exact) mass is 294 g/mol. The molecule has 2 atom stereocenters. The summed E-state index contributed by atoms with van der Waals surface area (Å²) in [5.74, 6) is -1.35. The number of hydrogen-bond donors (Lipinski definition) is 3. The number of benzene rings is 1. The van der Waals surface area contributed by atoms with Crippen LogP contribution in [0.5, 0.6) is 0 Å². The highest BCUT2D eigenvalue weighted by Gasteiger charge is 2.43. The first-order valence-corrected chi connectivity index (χ1v) is 6.98. The van der Waals surface area contributed by atoms with Crippen molar-refractivity contribution in [3.8, 4) is 0 Å². The zero-order valence-electron chi connectivity index (χ0n) is 11.9. The van der Waals surface area contributed by atoms with Gasteiger partial charge in [-0.05, 0) is 38.0 Å². The number of aliphatic carboxylic acids is 1. The van der Waals surface area contributed by atoms with Gasteiger partial charge in [-0.2, -0.15) is 0 Å². The summed E-state index contributed by atoms with van der Waals surface area (Å²) in [5, 5.41) is 14.6. The number of hydrogen-bond acceptors (Lipinski definition) is 2. The van der Waals surface area contributed by atoms with Gasteiger partial charge in [0.05, 0.1) is 5.41 Å². The van der Waals surface area contributed by atoms with E-state index in [0.717, 1.165) is 12.8 Å². The summed E-state index contributed by atoms with van der Waals surface area (Å²) in [7, 11) is 0. The number of carbonyl (C=O) groups excluding carboxylic acids is 1. The zero-order chi connectivity index (χ0) is 15.5. The molecule has 0 radical (unpaired) electrons. The molecule has 1 saturated carbocycles. The summed E-state index contributed by atoms with van der Waals surface area (Å²) in [6.07, 6.45) is 2.88. The summed E-state index contributed by atoms with van der Waals surface area (Å²) in [5.41, 5.74) is -0.627. The van der Waals surface area contributed by atoms with Crippen molar-refractivity contribution in [2.45, 2.75) is 38.6 Å². The molecule has 1 aromatic rings. The van der Waals surface area contributed by atoms with E-state index in [1.54, 1.807) is 13.0 Å². The minimum atomic E-state index is -0.961. The van der Waals surface area contributed by atoms with Crippen LogP contribution in [0.25, 0.3) is 0 Å². The Labute approximate surface area is 122 Å². The molecule has 0 spiro atoms. The number of carboxylic acid groups (broad SMARTS) is 1. The molecule has 0 aliphatic heterocycles. The van der Waals surface area contributed by atoms with Crippen LogP contribution in [0.15, 0.2) is 24.3 Å². The molecular weight excluding hydrogens is 275 g/mol. The van der Waals surface area contributed by atoms with Gasteiger partial charge in [0, 0.05) is 11.7 Å². The molecule has 1 aromatic carbocycles. The molecule has 2 amide bonds. The van der Waals surface area contributed by atoms with Crippen LogP contribution in [0.1, 0.15) is 32.6 Å². The second-order valence-corrected chi connectivity index (χ2v) is 5.63. The smallest absolute Gasteiger partial charge is 0.319 e. The fourth-order valence-corrected chi connectivity index (χ4v) is 2.71. The van der Waals surface area contributed by atoms with E-state index >= 15 is 0 Å². The first-order valence-electron chi connectivity index (χ1n) is 6.98. The number of rotatable bonds is 3. The second-order valence-electron chi connectivity index (χ2n) is 5.63. The summed E-state index contributed by atoms with van der Waals surface area (Å²) in [6.45, 7) is 1.65. The zero-order valence-corrected chi connectivity index (χ0v) is 11.9. The third-order valence-electron chi connectivity index (χ3n) is 4.08. The van der Waals surface area contributed by atoms with Gasteiger partial charge in [-0.3, -0.25) is 4.79 Å². The van der Waals surface area contributed by atoms with Gasteiger partial charge in [0.2, 0.25) is 0 Å². The molecule has 2 rings (SSSR count). The Morgan fingerprint density at radius 3 is 2.81 bits per heavy atom. The first kappa shape index (κ1) is 15.3. The fourth-order valence-electron chi connectivity index (χ4n) is 2.71. The first-order chi connectivity index (χ1) is 9.91. The van der Waals surface area contributed by atoms with E-state index in [9.17, 15) is 19.1 Å². The fraction of sp³-hybridized carbons (Fsp3) is 0.467. The lowest BCUT2D eigenvalue weighted by Crippen LogP contribution is -2.53. The van der Waals surface area contributed by atoms with Crippen LogP contribution in [0, 0.1) is 11.2 Å². The van der Waals surface area contributed by atoms with E-state index in [2.05, 4.69) is 10.6 Å². The molecule has 0 heterocycles. The molecule has 1 aliphatic carbocycles. The summed E-state index contributed by atoms with van der Waals surface area (Å²) in [6, 6.07) is 4.60. The maximum Gasteiger partial charge on any atom is 0.319 e. The molecule has 0 bridgehead atoms. The molecule has 0 saturated heterocycles. The van der Waals surface area contributed by atoms with Gasteiger partial charge < -0.3 is 15.7 Å². The molecule has 0 aromatic heterocycles. The van der Waals surface area contributed by atoms with Crippen LogP contribution in [0.2, 0.25) is 0 Å². The Bertz CT molecular complexity index is 549. The number of nitrogens with one attached hydrogen (secondary N) is 2. The van der Waals surface area contributed by atoms with Crippen LogP contribution in [-0.2, 0) is 4.79 Å². The molecule has 6 heteroatoms. The maximum atomic E-state index is 13.1. The molecular formula is C15H19FN2O3. The minimum Gasteiger partial charge on any atom is -0.481 e. The largest absolute Gasteiger partial charge is 0.481 e. The molecule has 114 valence electrons. The predicted molar refractivity (Wildman–Crippen MR) is 76.6 cm³/mol. The van der Waals surface area contributed by atoms with Gasteiger partial charge in [0.25, 0.3) is 0 Å². The number of urea groups is 1. The van der Waals surface area contributed by atoms with Gasteiger partial charge in [-0.15, -0.1) is 0 Å². The number of carboxylic acids is 1. The normalized spacial score (nSPS) is 25.1. The van der Waals surface area contributed by atoms with E-state index in [-0.39, 0.29) is 0 Å². The van der Waals surface area contributed by atoms with Crippen molar-refractivity contribution in [1.82, 2.24) is 5.32 Å². The Balaban J connectivity index is 2.02. The van der Waals surface area contributed by atoms with E-state index < -0.39 is 29.3 Å². The topological polar surface area (TPSA) is 78.4 Å². The van der Waals surface area contributed by atoms with E-state index in [1.165, 1.54) is 18.2 Å². The van der Waals surface area contributed by atoms with Crippen LogP contribution < -0.4 is 10.6 Å². The van der Waals surface area contributed by atoms with Gasteiger partial charge in [0.1, 0.15) is 5.82 Å². The van der Waals surface area contributed by atoms with Crippen molar-refractivity contribution in [2.75, 3.05) is 5.32 Å². The molecule has 21 heavy (non-hydrogen) atoms. The van der Waals surface area contributed by atoms with E-state index in [4.69, 9.17) is 0 Å². The van der Waals surface area contributed by atoms with Crippen molar-refractivity contribution in [1.29, 1.82) is 0 Å². The molecule has 1 aliphatic rings. The van der Waals surface area contributed by atoms with E-state index in [0.29, 0.717) is 18.5 Å².